The molecule has 5 heteroatoms. The van der Waals surface area contributed by atoms with Crippen LogP contribution in [0.4, 0.5) is 0 Å². The maximum Gasteiger partial charge on any atom is 0.323 e. The SMILES string of the molecule is CC(NCC1(O)CCC1)c1ccc2[nH]c(=O)[nH]c2c1. The van der Waals surface area contributed by atoms with Gasteiger partial charge in [-0.15, -0.1) is 0 Å². The van der Waals surface area contributed by atoms with E-state index in [4.69, 9.17) is 0 Å². The Balaban J connectivity index is 1.73. The van der Waals surface area contributed by atoms with Crippen molar-refractivity contribution in [3.63, 3.8) is 0 Å². The lowest BCUT2D eigenvalue weighted by molar-refractivity contribution is -0.0329. The molecule has 1 fully saturated rings. The van der Waals surface area contributed by atoms with E-state index in [2.05, 4.69) is 22.2 Å². The lowest BCUT2D eigenvalue weighted by Crippen LogP contribution is -2.46. The predicted molar refractivity (Wildman–Crippen MR) is 74.1 cm³/mol. The molecule has 1 aromatic carbocycles. The Morgan fingerprint density at radius 1 is 1.37 bits per heavy atom. The zero-order chi connectivity index (χ0) is 13.5. The van der Waals surface area contributed by atoms with E-state index >= 15 is 0 Å². The quantitative estimate of drug-likeness (QED) is 0.672. The number of benzene rings is 1. The van der Waals surface area contributed by atoms with E-state index in [1.54, 1.807) is 0 Å². The van der Waals surface area contributed by atoms with E-state index in [-0.39, 0.29) is 11.7 Å². The van der Waals surface area contributed by atoms with Gasteiger partial charge in [-0.1, -0.05) is 6.07 Å². The standard InChI is InChI=1S/C14H19N3O2/c1-9(15-8-14(19)5-2-6-14)10-3-4-11-12(7-10)17-13(18)16-11/h3-4,7,9,15,19H,2,5-6,8H2,1H3,(H2,16,17,18). The van der Waals surface area contributed by atoms with Crippen LogP contribution in [0.1, 0.15) is 37.8 Å². The van der Waals surface area contributed by atoms with Crippen LogP contribution in [-0.4, -0.2) is 27.2 Å². The van der Waals surface area contributed by atoms with Gasteiger partial charge in [-0.2, -0.15) is 0 Å². The first-order chi connectivity index (χ1) is 9.06. The van der Waals surface area contributed by atoms with E-state index in [0.717, 1.165) is 35.9 Å². The van der Waals surface area contributed by atoms with Gasteiger partial charge in [0.05, 0.1) is 16.6 Å². The van der Waals surface area contributed by atoms with Gasteiger partial charge in [0.2, 0.25) is 0 Å². The average molecular weight is 261 g/mol. The number of hydrogen-bond donors (Lipinski definition) is 4. The first-order valence-electron chi connectivity index (χ1n) is 6.73. The molecule has 0 amide bonds. The molecule has 1 aliphatic rings. The summed E-state index contributed by atoms with van der Waals surface area (Å²) in [6.45, 7) is 2.68. The van der Waals surface area contributed by atoms with Crippen LogP contribution in [0.15, 0.2) is 23.0 Å². The maximum atomic E-state index is 11.2. The van der Waals surface area contributed by atoms with Crippen LogP contribution in [0.3, 0.4) is 0 Å². The monoisotopic (exact) mass is 261 g/mol. The molecule has 0 bridgehead atoms. The summed E-state index contributed by atoms with van der Waals surface area (Å²) in [4.78, 5) is 16.7. The highest BCUT2D eigenvalue weighted by Crippen LogP contribution is 2.31. The third-order valence-corrected chi connectivity index (χ3v) is 4.06. The van der Waals surface area contributed by atoms with Gasteiger partial charge >= 0.3 is 5.69 Å². The average Bonchev–Trinajstić information content (AvgIpc) is 2.72. The second-order valence-electron chi connectivity index (χ2n) is 5.56. The summed E-state index contributed by atoms with van der Waals surface area (Å²) in [5.41, 5.74) is 2.04. The molecular weight excluding hydrogens is 242 g/mol. The smallest absolute Gasteiger partial charge is 0.323 e. The zero-order valence-corrected chi connectivity index (χ0v) is 11.0. The Morgan fingerprint density at radius 3 is 2.79 bits per heavy atom. The Morgan fingerprint density at radius 2 is 2.11 bits per heavy atom. The molecule has 102 valence electrons. The van der Waals surface area contributed by atoms with Gasteiger partial charge in [0.15, 0.2) is 0 Å². The van der Waals surface area contributed by atoms with Gasteiger partial charge in [0, 0.05) is 12.6 Å². The lowest BCUT2D eigenvalue weighted by Gasteiger charge is -2.37. The maximum absolute atomic E-state index is 11.2. The van der Waals surface area contributed by atoms with Crippen molar-refractivity contribution in [3.05, 3.63) is 34.2 Å². The molecule has 5 nitrogen and oxygen atoms in total. The number of aliphatic hydroxyl groups is 1. The summed E-state index contributed by atoms with van der Waals surface area (Å²) in [5, 5.41) is 13.4. The minimum absolute atomic E-state index is 0.146. The Bertz CT molecular complexity index is 639. The molecular formula is C14H19N3O2. The summed E-state index contributed by atoms with van der Waals surface area (Å²) in [5.74, 6) is 0. The molecule has 19 heavy (non-hydrogen) atoms. The number of rotatable bonds is 4. The van der Waals surface area contributed by atoms with E-state index < -0.39 is 5.60 Å². The van der Waals surface area contributed by atoms with Gasteiger partial charge < -0.3 is 20.4 Å². The Labute approximate surface area is 111 Å². The molecule has 1 saturated carbocycles. The number of H-pyrrole nitrogens is 2. The Kier molecular flexibility index (Phi) is 2.95. The number of nitrogens with one attached hydrogen (secondary N) is 3. The third-order valence-electron chi connectivity index (χ3n) is 4.06. The molecule has 1 aliphatic carbocycles. The molecule has 0 aliphatic heterocycles. The van der Waals surface area contributed by atoms with Crippen LogP contribution < -0.4 is 11.0 Å². The van der Waals surface area contributed by atoms with Crippen LogP contribution in [0.2, 0.25) is 0 Å². The van der Waals surface area contributed by atoms with Crippen molar-refractivity contribution in [3.8, 4) is 0 Å². The van der Waals surface area contributed by atoms with Crippen molar-refractivity contribution in [1.29, 1.82) is 0 Å². The van der Waals surface area contributed by atoms with Gasteiger partial charge in [-0.3, -0.25) is 0 Å². The molecule has 1 unspecified atom stereocenters. The highest BCUT2D eigenvalue weighted by atomic mass is 16.3. The fourth-order valence-corrected chi connectivity index (χ4v) is 2.54. The lowest BCUT2D eigenvalue weighted by atomic mass is 9.80. The summed E-state index contributed by atoms with van der Waals surface area (Å²) < 4.78 is 0. The second kappa shape index (κ2) is 4.51. The highest BCUT2D eigenvalue weighted by molar-refractivity contribution is 5.75. The van der Waals surface area contributed by atoms with E-state index in [1.807, 2.05) is 18.2 Å². The largest absolute Gasteiger partial charge is 0.389 e. The third kappa shape index (κ3) is 2.43. The van der Waals surface area contributed by atoms with Crippen molar-refractivity contribution in [2.45, 2.75) is 37.8 Å². The van der Waals surface area contributed by atoms with Crippen molar-refractivity contribution in [2.24, 2.45) is 0 Å². The van der Waals surface area contributed by atoms with Crippen LogP contribution >= 0.6 is 0 Å². The van der Waals surface area contributed by atoms with E-state index in [0.29, 0.717) is 6.54 Å². The van der Waals surface area contributed by atoms with Gasteiger partial charge in [0.25, 0.3) is 0 Å². The molecule has 3 rings (SSSR count). The number of hydrogen-bond acceptors (Lipinski definition) is 3. The summed E-state index contributed by atoms with van der Waals surface area (Å²) in [6.07, 6.45) is 2.89. The van der Waals surface area contributed by atoms with Crippen LogP contribution in [0.25, 0.3) is 11.0 Å². The van der Waals surface area contributed by atoms with Crippen LogP contribution in [0.5, 0.6) is 0 Å². The zero-order valence-electron chi connectivity index (χ0n) is 11.0. The predicted octanol–water partition coefficient (Wildman–Crippen LogP) is 1.42. The van der Waals surface area contributed by atoms with Gasteiger partial charge in [-0.05, 0) is 43.9 Å². The number of aromatic nitrogens is 2. The van der Waals surface area contributed by atoms with Gasteiger partial charge in [0.1, 0.15) is 0 Å². The topological polar surface area (TPSA) is 80.9 Å². The molecule has 2 aromatic rings. The van der Waals surface area contributed by atoms with Crippen molar-refractivity contribution < 1.29 is 5.11 Å². The first-order valence-corrected chi connectivity index (χ1v) is 6.73. The van der Waals surface area contributed by atoms with Crippen molar-refractivity contribution in [1.82, 2.24) is 15.3 Å². The fraction of sp³-hybridized carbons (Fsp3) is 0.500. The molecule has 0 spiro atoms. The molecule has 0 radical (unpaired) electrons. The molecule has 0 saturated heterocycles. The highest BCUT2D eigenvalue weighted by Gasteiger charge is 2.34. The Hall–Kier alpha value is -1.59. The first kappa shape index (κ1) is 12.4. The normalized spacial score (nSPS) is 19.3. The van der Waals surface area contributed by atoms with E-state index in [9.17, 15) is 9.90 Å². The van der Waals surface area contributed by atoms with Crippen molar-refractivity contribution >= 4 is 11.0 Å². The van der Waals surface area contributed by atoms with E-state index in [1.165, 1.54) is 0 Å². The number of imidazole rings is 1. The fourth-order valence-electron chi connectivity index (χ4n) is 2.54. The minimum atomic E-state index is -0.513. The van der Waals surface area contributed by atoms with Gasteiger partial charge in [-0.25, -0.2) is 4.79 Å². The summed E-state index contributed by atoms with van der Waals surface area (Å²) in [6, 6.07) is 6.01. The molecule has 1 aromatic heterocycles. The van der Waals surface area contributed by atoms with Crippen LogP contribution in [0, 0.1) is 0 Å². The molecule has 4 N–H and O–H groups in total. The number of aromatic amines is 2. The minimum Gasteiger partial charge on any atom is -0.389 e. The molecule has 1 heterocycles. The summed E-state index contributed by atoms with van der Waals surface area (Å²) >= 11 is 0. The van der Waals surface area contributed by atoms with Crippen LogP contribution in [-0.2, 0) is 0 Å². The number of fused-ring (bicyclic) bond motifs is 1. The summed E-state index contributed by atoms with van der Waals surface area (Å²) in [7, 11) is 0. The molecule has 1 atom stereocenters. The van der Waals surface area contributed by atoms with Crippen molar-refractivity contribution in [2.75, 3.05) is 6.54 Å². The second-order valence-corrected chi connectivity index (χ2v) is 5.56.